The van der Waals surface area contributed by atoms with Gasteiger partial charge >= 0.3 is 17.9 Å². The predicted molar refractivity (Wildman–Crippen MR) is 132 cm³/mol. The van der Waals surface area contributed by atoms with Crippen molar-refractivity contribution >= 4 is 35.6 Å². The van der Waals surface area contributed by atoms with Crippen LogP contribution in [-0.2, 0) is 35.2 Å². The van der Waals surface area contributed by atoms with E-state index in [9.17, 15) is 39.0 Å². The highest BCUT2D eigenvalue weighted by atomic mass is 16.4. The fraction of sp³-hybridized carbons (Fsp3) is 0.500. The minimum Gasteiger partial charge on any atom is -0.508 e. The summed E-state index contributed by atoms with van der Waals surface area (Å²) in [5, 5.41) is 43.9. The van der Waals surface area contributed by atoms with Gasteiger partial charge in [-0.15, -0.1) is 0 Å². The molecule has 0 saturated carbocycles. The van der Waals surface area contributed by atoms with Gasteiger partial charge in [-0.05, 0) is 36.5 Å². The summed E-state index contributed by atoms with van der Waals surface area (Å²) in [7, 11) is 0. The van der Waals surface area contributed by atoms with Gasteiger partial charge in [-0.3, -0.25) is 24.0 Å². The number of rotatable bonds is 16. The maximum Gasteiger partial charge on any atom is 0.326 e. The molecule has 0 saturated heterocycles. The number of carboxylic acids is 3. The first-order valence-electron chi connectivity index (χ1n) is 11.8. The van der Waals surface area contributed by atoms with Gasteiger partial charge in [0.15, 0.2) is 0 Å². The van der Waals surface area contributed by atoms with Crippen LogP contribution in [0.2, 0.25) is 0 Å². The molecule has 14 heteroatoms. The molecule has 0 aliphatic heterocycles. The minimum atomic E-state index is -1.44. The molecule has 1 aromatic carbocycles. The lowest BCUT2D eigenvalue weighted by Crippen LogP contribution is -2.58. The Morgan fingerprint density at radius 1 is 0.763 bits per heavy atom. The zero-order chi connectivity index (χ0) is 29.0. The first-order valence-corrected chi connectivity index (χ1v) is 11.8. The molecule has 0 fully saturated rings. The van der Waals surface area contributed by atoms with Crippen LogP contribution in [0.25, 0.3) is 0 Å². The van der Waals surface area contributed by atoms with Crippen LogP contribution >= 0.6 is 0 Å². The van der Waals surface area contributed by atoms with Crippen molar-refractivity contribution in [2.45, 2.75) is 70.1 Å². The highest BCUT2D eigenvalue weighted by molar-refractivity contribution is 5.94. The van der Waals surface area contributed by atoms with Crippen molar-refractivity contribution in [2.75, 3.05) is 0 Å². The van der Waals surface area contributed by atoms with Crippen molar-refractivity contribution < 1.29 is 49.2 Å². The number of aliphatic carboxylic acids is 3. The van der Waals surface area contributed by atoms with E-state index in [2.05, 4.69) is 16.0 Å². The Morgan fingerprint density at radius 2 is 1.26 bits per heavy atom. The summed E-state index contributed by atoms with van der Waals surface area (Å²) in [6, 6.07) is 0.362. The summed E-state index contributed by atoms with van der Waals surface area (Å²) in [4.78, 5) is 72.0. The average Bonchev–Trinajstić information content (AvgIpc) is 2.83. The van der Waals surface area contributed by atoms with E-state index >= 15 is 0 Å². The summed E-state index contributed by atoms with van der Waals surface area (Å²) in [5.74, 6) is -6.91. The van der Waals surface area contributed by atoms with Gasteiger partial charge in [0.1, 0.15) is 23.9 Å². The Hall–Kier alpha value is -4.20. The van der Waals surface area contributed by atoms with E-state index < -0.39 is 78.6 Å². The molecule has 1 aromatic rings. The number of nitrogens with one attached hydrogen (secondary N) is 3. The van der Waals surface area contributed by atoms with Crippen LogP contribution in [0.5, 0.6) is 5.75 Å². The Balaban J connectivity index is 3.16. The number of phenolic OH excluding ortho intramolecular Hbond substituents is 1. The first-order chi connectivity index (χ1) is 17.7. The fourth-order valence-corrected chi connectivity index (χ4v) is 3.34. The molecular weight excluding hydrogens is 504 g/mol. The van der Waals surface area contributed by atoms with Crippen molar-refractivity contribution in [3.63, 3.8) is 0 Å². The van der Waals surface area contributed by atoms with Crippen molar-refractivity contribution in [3.8, 4) is 5.75 Å². The topological polar surface area (TPSA) is 245 Å². The second kappa shape index (κ2) is 15.1. The molecule has 9 N–H and O–H groups in total. The molecule has 38 heavy (non-hydrogen) atoms. The molecule has 0 aromatic heterocycles. The largest absolute Gasteiger partial charge is 0.508 e. The molecule has 0 radical (unpaired) electrons. The van der Waals surface area contributed by atoms with Crippen molar-refractivity contribution in [1.29, 1.82) is 0 Å². The number of aromatic hydroxyl groups is 1. The Kier molecular flexibility index (Phi) is 12.7. The van der Waals surface area contributed by atoms with E-state index in [1.807, 2.05) is 0 Å². The summed E-state index contributed by atoms with van der Waals surface area (Å²) in [6.45, 7) is 3.16. The number of hydrogen-bond acceptors (Lipinski definition) is 8. The lowest BCUT2D eigenvalue weighted by Gasteiger charge is -2.26. The van der Waals surface area contributed by atoms with Crippen LogP contribution in [0.4, 0.5) is 0 Å². The number of carbonyl (C=O) groups excluding carboxylic acids is 3. The minimum absolute atomic E-state index is 0.0415. The molecule has 0 aliphatic rings. The summed E-state index contributed by atoms with van der Waals surface area (Å²) in [6.07, 6.45) is -1.65. The number of benzene rings is 1. The SMILES string of the molecule is CC(C)C(NC(=O)C(Cc1ccc(O)cc1)NC(=O)C(CCC(=O)O)NC(=O)C(N)CCC(=O)O)C(=O)O. The zero-order valence-electron chi connectivity index (χ0n) is 21.0. The third kappa shape index (κ3) is 11.2. The number of hydrogen-bond donors (Lipinski definition) is 8. The molecule has 4 atom stereocenters. The lowest BCUT2D eigenvalue weighted by atomic mass is 10.0. The molecule has 0 bridgehead atoms. The number of carboxylic acid groups (broad SMARTS) is 3. The summed E-state index contributed by atoms with van der Waals surface area (Å²) >= 11 is 0. The van der Waals surface area contributed by atoms with E-state index in [4.69, 9.17) is 15.9 Å². The smallest absolute Gasteiger partial charge is 0.326 e. The molecular formula is C24H34N4O10. The quantitative estimate of drug-likeness (QED) is 0.129. The normalized spacial score (nSPS) is 14.0. The Labute approximate surface area is 218 Å². The monoisotopic (exact) mass is 538 g/mol. The predicted octanol–water partition coefficient (Wildman–Crippen LogP) is -0.813. The van der Waals surface area contributed by atoms with E-state index in [0.29, 0.717) is 5.56 Å². The molecule has 0 heterocycles. The van der Waals surface area contributed by atoms with Gasteiger partial charge in [0.05, 0.1) is 6.04 Å². The molecule has 0 aliphatic carbocycles. The number of amides is 3. The van der Waals surface area contributed by atoms with Crippen LogP contribution in [-0.4, -0.2) is 80.2 Å². The molecule has 210 valence electrons. The number of carbonyl (C=O) groups is 6. The molecule has 4 unspecified atom stereocenters. The third-order valence-electron chi connectivity index (χ3n) is 5.53. The maximum atomic E-state index is 13.1. The van der Waals surface area contributed by atoms with Gasteiger partial charge in [0.2, 0.25) is 17.7 Å². The van der Waals surface area contributed by atoms with Crippen LogP contribution < -0.4 is 21.7 Å². The van der Waals surface area contributed by atoms with Gasteiger partial charge in [0, 0.05) is 19.3 Å². The van der Waals surface area contributed by atoms with E-state index in [1.54, 1.807) is 13.8 Å². The summed E-state index contributed by atoms with van der Waals surface area (Å²) < 4.78 is 0. The zero-order valence-corrected chi connectivity index (χ0v) is 21.0. The molecule has 3 amide bonds. The first kappa shape index (κ1) is 31.8. The third-order valence-corrected chi connectivity index (χ3v) is 5.53. The highest BCUT2D eigenvalue weighted by Gasteiger charge is 2.31. The van der Waals surface area contributed by atoms with Crippen LogP contribution in [0.3, 0.4) is 0 Å². The van der Waals surface area contributed by atoms with Gasteiger partial charge in [-0.2, -0.15) is 0 Å². The van der Waals surface area contributed by atoms with Gasteiger partial charge in [-0.1, -0.05) is 26.0 Å². The van der Waals surface area contributed by atoms with Gasteiger partial charge in [0.25, 0.3) is 0 Å². The van der Waals surface area contributed by atoms with Gasteiger partial charge < -0.3 is 42.1 Å². The maximum absolute atomic E-state index is 13.1. The van der Waals surface area contributed by atoms with E-state index in [0.717, 1.165) is 0 Å². The standard InChI is InChI=1S/C24H34N4O10/c1-12(2)20(24(37)38)28-23(36)17(11-13-3-5-14(29)6-4-13)27-22(35)16(8-10-19(32)33)26-21(34)15(25)7-9-18(30)31/h3-6,12,15-17,20,29H,7-11,25H2,1-2H3,(H,26,34)(H,27,35)(H,28,36)(H,30,31)(H,32,33)(H,37,38). The molecule has 14 nitrogen and oxygen atoms in total. The molecule has 0 spiro atoms. The molecule has 1 rings (SSSR count). The van der Waals surface area contributed by atoms with Crippen LogP contribution in [0, 0.1) is 5.92 Å². The Bertz CT molecular complexity index is 1010. The lowest BCUT2D eigenvalue weighted by molar-refractivity contribution is -0.143. The second-order valence-corrected chi connectivity index (χ2v) is 9.03. The second-order valence-electron chi connectivity index (χ2n) is 9.03. The van der Waals surface area contributed by atoms with E-state index in [1.165, 1.54) is 24.3 Å². The van der Waals surface area contributed by atoms with Crippen molar-refractivity contribution in [1.82, 2.24) is 16.0 Å². The van der Waals surface area contributed by atoms with Crippen LogP contribution in [0.1, 0.15) is 45.1 Å². The van der Waals surface area contributed by atoms with Crippen molar-refractivity contribution in [3.05, 3.63) is 29.8 Å². The fourth-order valence-electron chi connectivity index (χ4n) is 3.34. The Morgan fingerprint density at radius 3 is 1.76 bits per heavy atom. The average molecular weight is 539 g/mol. The summed E-state index contributed by atoms with van der Waals surface area (Å²) in [5.41, 5.74) is 6.18. The van der Waals surface area contributed by atoms with Crippen molar-refractivity contribution in [2.24, 2.45) is 11.7 Å². The van der Waals surface area contributed by atoms with Gasteiger partial charge in [-0.25, -0.2) is 4.79 Å². The highest BCUT2D eigenvalue weighted by Crippen LogP contribution is 2.13. The van der Waals surface area contributed by atoms with Crippen LogP contribution in [0.15, 0.2) is 24.3 Å². The number of nitrogens with two attached hydrogens (primary N) is 1. The number of phenols is 1. The van der Waals surface area contributed by atoms with E-state index in [-0.39, 0.29) is 25.0 Å².